The van der Waals surface area contributed by atoms with E-state index in [2.05, 4.69) is 5.32 Å². The van der Waals surface area contributed by atoms with Crippen molar-refractivity contribution in [3.05, 3.63) is 47.5 Å². The minimum absolute atomic E-state index is 0.0569. The quantitative estimate of drug-likeness (QED) is 0.749. The standard InChI is InChI=1S/C22H26N2O6/c1-14-9-16(27-2)6-7-17(14)23-22(26)18-12-30-13-21(25)24(18)11-15-5-8-19(28-3)20(10-15)29-4/h5-10,18H,11-13H2,1-4H3,(H,23,26)/t18-/m0/s1. The van der Waals surface area contributed by atoms with Gasteiger partial charge in [0, 0.05) is 12.2 Å². The second-order valence-corrected chi connectivity index (χ2v) is 6.91. The SMILES string of the molecule is COc1ccc(NC(=O)[C@@H]2COCC(=O)N2Cc2ccc(OC)c(OC)c2)c(C)c1. The van der Waals surface area contributed by atoms with Crippen molar-refractivity contribution in [1.29, 1.82) is 0 Å². The summed E-state index contributed by atoms with van der Waals surface area (Å²) in [4.78, 5) is 27.1. The van der Waals surface area contributed by atoms with Crippen LogP contribution < -0.4 is 19.5 Å². The molecule has 0 unspecified atom stereocenters. The minimum Gasteiger partial charge on any atom is -0.497 e. The number of anilines is 1. The molecule has 0 radical (unpaired) electrons. The molecule has 1 aliphatic heterocycles. The molecule has 1 saturated heterocycles. The largest absolute Gasteiger partial charge is 0.497 e. The van der Waals surface area contributed by atoms with Gasteiger partial charge in [-0.25, -0.2) is 0 Å². The first kappa shape index (κ1) is 21.4. The van der Waals surface area contributed by atoms with Gasteiger partial charge in [-0.1, -0.05) is 6.07 Å². The van der Waals surface area contributed by atoms with Gasteiger partial charge in [0.1, 0.15) is 18.4 Å². The zero-order valence-corrected chi connectivity index (χ0v) is 17.6. The number of rotatable bonds is 7. The van der Waals surface area contributed by atoms with Gasteiger partial charge in [-0.3, -0.25) is 9.59 Å². The maximum absolute atomic E-state index is 13.0. The van der Waals surface area contributed by atoms with Crippen molar-refractivity contribution in [2.45, 2.75) is 19.5 Å². The van der Waals surface area contributed by atoms with E-state index >= 15 is 0 Å². The van der Waals surface area contributed by atoms with Crippen molar-refractivity contribution in [2.75, 3.05) is 39.9 Å². The Morgan fingerprint density at radius 3 is 2.53 bits per heavy atom. The fourth-order valence-electron chi connectivity index (χ4n) is 3.32. The van der Waals surface area contributed by atoms with Crippen LogP contribution >= 0.6 is 0 Å². The van der Waals surface area contributed by atoms with E-state index in [1.807, 2.05) is 19.1 Å². The number of amides is 2. The van der Waals surface area contributed by atoms with Crippen molar-refractivity contribution >= 4 is 17.5 Å². The summed E-state index contributed by atoms with van der Waals surface area (Å²) >= 11 is 0. The lowest BCUT2D eigenvalue weighted by Gasteiger charge is -2.34. The van der Waals surface area contributed by atoms with Crippen molar-refractivity contribution < 1.29 is 28.5 Å². The number of carbonyl (C=O) groups is 2. The average molecular weight is 414 g/mol. The van der Waals surface area contributed by atoms with E-state index in [0.717, 1.165) is 11.1 Å². The van der Waals surface area contributed by atoms with Crippen LogP contribution in [0.2, 0.25) is 0 Å². The Hall–Kier alpha value is -3.26. The van der Waals surface area contributed by atoms with E-state index in [1.54, 1.807) is 45.6 Å². The summed E-state index contributed by atoms with van der Waals surface area (Å²) in [5.74, 6) is 1.31. The molecule has 0 saturated carbocycles. The summed E-state index contributed by atoms with van der Waals surface area (Å²) in [6.45, 7) is 2.20. The zero-order chi connectivity index (χ0) is 21.7. The van der Waals surface area contributed by atoms with Crippen LogP contribution in [0.1, 0.15) is 11.1 Å². The molecule has 30 heavy (non-hydrogen) atoms. The summed E-state index contributed by atoms with van der Waals surface area (Å²) in [5.41, 5.74) is 2.34. The van der Waals surface area contributed by atoms with E-state index in [-0.39, 0.29) is 31.6 Å². The summed E-state index contributed by atoms with van der Waals surface area (Å²) in [5, 5.41) is 2.90. The van der Waals surface area contributed by atoms with Crippen LogP contribution in [-0.4, -0.2) is 57.3 Å². The second kappa shape index (κ2) is 9.49. The summed E-state index contributed by atoms with van der Waals surface area (Å²) < 4.78 is 21.1. The first-order valence-corrected chi connectivity index (χ1v) is 9.50. The van der Waals surface area contributed by atoms with Crippen LogP contribution in [0.25, 0.3) is 0 Å². The Morgan fingerprint density at radius 2 is 1.87 bits per heavy atom. The number of methoxy groups -OCH3 is 3. The molecule has 1 aliphatic rings. The number of benzene rings is 2. The number of hydrogen-bond donors (Lipinski definition) is 1. The van der Waals surface area contributed by atoms with Crippen LogP contribution in [0.4, 0.5) is 5.69 Å². The van der Waals surface area contributed by atoms with E-state index < -0.39 is 6.04 Å². The third-order valence-corrected chi connectivity index (χ3v) is 4.99. The van der Waals surface area contributed by atoms with Crippen LogP contribution in [0.15, 0.2) is 36.4 Å². The average Bonchev–Trinajstić information content (AvgIpc) is 2.76. The highest BCUT2D eigenvalue weighted by atomic mass is 16.5. The van der Waals surface area contributed by atoms with E-state index in [9.17, 15) is 9.59 Å². The Morgan fingerprint density at radius 1 is 1.10 bits per heavy atom. The molecule has 1 heterocycles. The van der Waals surface area contributed by atoms with Gasteiger partial charge in [-0.05, 0) is 48.4 Å². The monoisotopic (exact) mass is 414 g/mol. The van der Waals surface area contributed by atoms with Crippen molar-refractivity contribution in [3.8, 4) is 17.2 Å². The van der Waals surface area contributed by atoms with Crippen molar-refractivity contribution in [2.24, 2.45) is 0 Å². The maximum atomic E-state index is 13.0. The molecule has 2 aromatic rings. The summed E-state index contributed by atoms with van der Waals surface area (Å²) in [6, 6.07) is 10.0. The van der Waals surface area contributed by atoms with Gasteiger partial charge in [0.15, 0.2) is 11.5 Å². The predicted molar refractivity (Wildman–Crippen MR) is 111 cm³/mol. The van der Waals surface area contributed by atoms with Crippen LogP contribution in [0.3, 0.4) is 0 Å². The van der Waals surface area contributed by atoms with Crippen LogP contribution in [0.5, 0.6) is 17.2 Å². The smallest absolute Gasteiger partial charge is 0.249 e. The van der Waals surface area contributed by atoms with E-state index in [4.69, 9.17) is 18.9 Å². The Kier molecular flexibility index (Phi) is 6.79. The molecule has 2 aromatic carbocycles. The van der Waals surface area contributed by atoms with E-state index in [0.29, 0.717) is 22.9 Å². The fraction of sp³-hybridized carbons (Fsp3) is 0.364. The lowest BCUT2D eigenvalue weighted by atomic mass is 10.1. The number of ether oxygens (including phenoxy) is 4. The number of carbonyl (C=O) groups excluding carboxylic acids is 2. The highest BCUT2D eigenvalue weighted by molar-refractivity contribution is 5.98. The van der Waals surface area contributed by atoms with Crippen LogP contribution in [-0.2, 0) is 20.9 Å². The number of nitrogens with zero attached hydrogens (tertiary/aromatic N) is 1. The number of aryl methyl sites for hydroxylation is 1. The first-order valence-electron chi connectivity index (χ1n) is 9.50. The number of nitrogens with one attached hydrogen (secondary N) is 1. The van der Waals surface area contributed by atoms with Gasteiger partial charge in [0.2, 0.25) is 11.8 Å². The van der Waals surface area contributed by atoms with E-state index in [1.165, 1.54) is 4.90 Å². The van der Waals surface area contributed by atoms with Gasteiger partial charge in [-0.15, -0.1) is 0 Å². The fourth-order valence-corrected chi connectivity index (χ4v) is 3.32. The Balaban J connectivity index is 1.79. The molecule has 0 aliphatic carbocycles. The molecule has 160 valence electrons. The first-order chi connectivity index (χ1) is 14.5. The lowest BCUT2D eigenvalue weighted by molar-refractivity contribution is -0.154. The highest BCUT2D eigenvalue weighted by Crippen LogP contribution is 2.29. The molecule has 1 fully saturated rings. The van der Waals surface area contributed by atoms with Crippen molar-refractivity contribution in [1.82, 2.24) is 4.90 Å². The summed E-state index contributed by atoms with van der Waals surface area (Å²) in [6.07, 6.45) is 0. The van der Waals surface area contributed by atoms with Gasteiger partial charge >= 0.3 is 0 Å². The van der Waals surface area contributed by atoms with Gasteiger partial charge in [0.25, 0.3) is 0 Å². The third kappa shape index (κ3) is 4.65. The van der Waals surface area contributed by atoms with Crippen molar-refractivity contribution in [3.63, 3.8) is 0 Å². The molecule has 0 bridgehead atoms. The number of morpholine rings is 1. The molecule has 2 amide bonds. The molecule has 3 rings (SSSR count). The van der Waals surface area contributed by atoms with Gasteiger partial charge in [-0.2, -0.15) is 0 Å². The van der Waals surface area contributed by atoms with Gasteiger partial charge < -0.3 is 29.2 Å². The second-order valence-electron chi connectivity index (χ2n) is 6.91. The topological polar surface area (TPSA) is 86.3 Å². The Labute approximate surface area is 175 Å². The molecule has 8 heteroatoms. The molecule has 1 N–H and O–H groups in total. The summed E-state index contributed by atoms with van der Waals surface area (Å²) in [7, 11) is 4.70. The molecule has 1 atom stereocenters. The lowest BCUT2D eigenvalue weighted by Crippen LogP contribution is -2.54. The van der Waals surface area contributed by atoms with Crippen LogP contribution in [0, 0.1) is 6.92 Å². The molecule has 8 nitrogen and oxygen atoms in total. The minimum atomic E-state index is -0.749. The maximum Gasteiger partial charge on any atom is 0.249 e. The zero-order valence-electron chi connectivity index (χ0n) is 17.6. The number of hydrogen-bond acceptors (Lipinski definition) is 6. The third-order valence-electron chi connectivity index (χ3n) is 4.99. The normalized spacial score (nSPS) is 16.2. The predicted octanol–water partition coefficient (Wildman–Crippen LogP) is 2.39. The van der Waals surface area contributed by atoms with Gasteiger partial charge in [0.05, 0.1) is 27.9 Å². The Bertz CT molecular complexity index is 930. The molecule has 0 aromatic heterocycles. The molecule has 0 spiro atoms. The molecular formula is C22H26N2O6. The highest BCUT2D eigenvalue weighted by Gasteiger charge is 2.34. The molecular weight excluding hydrogens is 388 g/mol.